The third kappa shape index (κ3) is 2.48. The Hall–Kier alpha value is -1.71. The second kappa shape index (κ2) is 5.73. The summed E-state index contributed by atoms with van der Waals surface area (Å²) in [5.41, 5.74) is -0.163. The van der Waals surface area contributed by atoms with Crippen LogP contribution in [0.4, 0.5) is 0 Å². The average Bonchev–Trinajstić information content (AvgIpc) is 2.91. The van der Waals surface area contributed by atoms with Gasteiger partial charge in [0.25, 0.3) is 0 Å². The molecule has 4 heteroatoms. The van der Waals surface area contributed by atoms with Gasteiger partial charge in [0, 0.05) is 12.3 Å². The topological polar surface area (TPSA) is 51.0 Å². The highest BCUT2D eigenvalue weighted by Gasteiger charge is 2.59. The van der Waals surface area contributed by atoms with Crippen LogP contribution in [-0.4, -0.2) is 17.2 Å². The first-order valence-electron chi connectivity index (χ1n) is 8.97. The van der Waals surface area contributed by atoms with Crippen molar-refractivity contribution in [2.24, 2.45) is 16.1 Å². The predicted octanol–water partition coefficient (Wildman–Crippen LogP) is 4.90. The molecule has 122 valence electrons. The first kappa shape index (κ1) is 14.9. The Balaban J connectivity index is 1.60. The lowest BCUT2D eigenvalue weighted by atomic mass is 9.65. The molecule has 0 aromatic heterocycles. The number of carbonyl (C=O) groups excluding carboxylic acids is 1. The minimum absolute atomic E-state index is 0.0599. The fourth-order valence-electron chi connectivity index (χ4n) is 4.74. The Morgan fingerprint density at radius 3 is 2.48 bits per heavy atom. The molecule has 0 amide bonds. The second-order valence-corrected chi connectivity index (χ2v) is 7.26. The van der Waals surface area contributed by atoms with E-state index in [1.54, 1.807) is 12.1 Å². The van der Waals surface area contributed by atoms with Gasteiger partial charge in [0.1, 0.15) is 0 Å². The van der Waals surface area contributed by atoms with Gasteiger partial charge in [-0.3, -0.25) is 0 Å². The maximum absolute atomic E-state index is 12.6. The first-order chi connectivity index (χ1) is 11.2. The van der Waals surface area contributed by atoms with Gasteiger partial charge in [-0.2, -0.15) is 5.11 Å². The lowest BCUT2D eigenvalue weighted by molar-refractivity contribution is -0.0735. The van der Waals surface area contributed by atoms with E-state index < -0.39 is 5.72 Å². The molecule has 23 heavy (non-hydrogen) atoms. The molecule has 2 fully saturated rings. The molecule has 2 saturated carbocycles. The molecule has 0 radical (unpaired) electrons. The van der Waals surface area contributed by atoms with E-state index in [9.17, 15) is 4.79 Å². The quantitative estimate of drug-likeness (QED) is 0.729. The molecule has 2 aliphatic carbocycles. The van der Waals surface area contributed by atoms with Crippen LogP contribution in [0.15, 0.2) is 40.6 Å². The third-order valence-electron chi connectivity index (χ3n) is 5.89. The monoisotopic (exact) mass is 312 g/mol. The summed E-state index contributed by atoms with van der Waals surface area (Å²) in [6, 6.07) is 9.25. The molecule has 1 aliphatic heterocycles. The SMILES string of the molecule is O=C(OC12CCCCC1C1(CCCCC1)N=N2)c1ccccc1. The Bertz CT molecular complexity index is 607. The lowest BCUT2D eigenvalue weighted by Crippen LogP contribution is -2.50. The van der Waals surface area contributed by atoms with Crippen LogP contribution >= 0.6 is 0 Å². The molecular weight excluding hydrogens is 288 g/mol. The van der Waals surface area contributed by atoms with Crippen molar-refractivity contribution in [2.45, 2.75) is 69.1 Å². The van der Waals surface area contributed by atoms with Crippen molar-refractivity contribution in [2.75, 3.05) is 0 Å². The molecule has 1 aromatic rings. The maximum atomic E-state index is 12.6. The van der Waals surface area contributed by atoms with Crippen LogP contribution in [0.5, 0.6) is 0 Å². The van der Waals surface area contributed by atoms with Crippen LogP contribution in [0.3, 0.4) is 0 Å². The van der Waals surface area contributed by atoms with Crippen LogP contribution < -0.4 is 0 Å². The van der Waals surface area contributed by atoms with E-state index in [0.717, 1.165) is 32.1 Å². The summed E-state index contributed by atoms with van der Waals surface area (Å²) in [6.07, 6.45) is 10.1. The Morgan fingerprint density at radius 1 is 0.957 bits per heavy atom. The van der Waals surface area contributed by atoms with Crippen molar-refractivity contribution in [3.63, 3.8) is 0 Å². The zero-order valence-corrected chi connectivity index (χ0v) is 13.5. The maximum Gasteiger partial charge on any atom is 0.340 e. The number of rotatable bonds is 2. The summed E-state index contributed by atoms with van der Waals surface area (Å²) in [5.74, 6) is 0.0148. The number of hydrogen-bond donors (Lipinski definition) is 0. The molecule has 4 rings (SSSR count). The Kier molecular flexibility index (Phi) is 3.70. The second-order valence-electron chi connectivity index (χ2n) is 7.26. The van der Waals surface area contributed by atoms with Crippen molar-refractivity contribution < 1.29 is 9.53 Å². The fraction of sp³-hybridized carbons (Fsp3) is 0.632. The zero-order chi connectivity index (χ0) is 15.8. The van der Waals surface area contributed by atoms with Crippen molar-refractivity contribution >= 4 is 5.97 Å². The highest BCUT2D eigenvalue weighted by molar-refractivity contribution is 5.89. The molecule has 3 aliphatic rings. The molecular formula is C19H24N2O2. The normalized spacial score (nSPS) is 31.7. The van der Waals surface area contributed by atoms with Gasteiger partial charge in [-0.25, -0.2) is 4.79 Å². The van der Waals surface area contributed by atoms with Crippen LogP contribution in [-0.2, 0) is 4.74 Å². The highest BCUT2D eigenvalue weighted by Crippen LogP contribution is 2.55. The summed E-state index contributed by atoms with van der Waals surface area (Å²) in [5, 5.41) is 9.35. The van der Waals surface area contributed by atoms with Gasteiger partial charge in [-0.15, -0.1) is 5.11 Å². The number of hydrogen-bond acceptors (Lipinski definition) is 4. The van der Waals surface area contributed by atoms with Gasteiger partial charge in [0.15, 0.2) is 0 Å². The van der Waals surface area contributed by atoms with Gasteiger partial charge in [-0.05, 0) is 37.8 Å². The van der Waals surface area contributed by atoms with Gasteiger partial charge in [0.2, 0.25) is 5.72 Å². The highest BCUT2D eigenvalue weighted by atomic mass is 16.6. The van der Waals surface area contributed by atoms with Crippen LogP contribution in [0.2, 0.25) is 0 Å². The van der Waals surface area contributed by atoms with Crippen molar-refractivity contribution in [1.29, 1.82) is 0 Å². The van der Waals surface area contributed by atoms with Gasteiger partial charge < -0.3 is 4.74 Å². The molecule has 0 saturated heterocycles. The van der Waals surface area contributed by atoms with Crippen LogP contribution in [0, 0.1) is 5.92 Å². The summed E-state index contributed by atoms with van der Waals surface area (Å²) in [6.45, 7) is 0. The predicted molar refractivity (Wildman–Crippen MR) is 87.2 cm³/mol. The smallest absolute Gasteiger partial charge is 0.340 e. The van der Waals surface area contributed by atoms with E-state index in [0.29, 0.717) is 5.56 Å². The minimum atomic E-state index is -0.706. The van der Waals surface area contributed by atoms with Crippen molar-refractivity contribution in [1.82, 2.24) is 0 Å². The largest absolute Gasteiger partial charge is 0.431 e. The van der Waals surface area contributed by atoms with E-state index in [1.807, 2.05) is 18.2 Å². The van der Waals surface area contributed by atoms with Gasteiger partial charge in [-0.1, -0.05) is 43.9 Å². The van der Waals surface area contributed by atoms with Gasteiger partial charge in [0.05, 0.1) is 11.1 Å². The molecule has 0 N–H and O–H groups in total. The summed E-state index contributed by atoms with van der Waals surface area (Å²) < 4.78 is 6.02. The van der Waals surface area contributed by atoms with Crippen molar-refractivity contribution in [3.05, 3.63) is 35.9 Å². The number of nitrogens with zero attached hydrogens (tertiary/aromatic N) is 2. The van der Waals surface area contributed by atoms with E-state index in [2.05, 4.69) is 5.11 Å². The molecule has 4 nitrogen and oxygen atoms in total. The van der Waals surface area contributed by atoms with Gasteiger partial charge >= 0.3 is 5.97 Å². The summed E-state index contributed by atoms with van der Waals surface area (Å²) in [7, 11) is 0. The molecule has 2 atom stereocenters. The van der Waals surface area contributed by atoms with E-state index in [4.69, 9.17) is 9.85 Å². The molecule has 2 unspecified atom stereocenters. The third-order valence-corrected chi connectivity index (χ3v) is 5.89. The average molecular weight is 312 g/mol. The molecule has 1 aromatic carbocycles. The minimum Gasteiger partial charge on any atom is -0.431 e. The van der Waals surface area contributed by atoms with Crippen LogP contribution in [0.25, 0.3) is 0 Å². The number of benzene rings is 1. The summed E-state index contributed by atoms with van der Waals surface area (Å²) in [4.78, 5) is 12.6. The van der Waals surface area contributed by atoms with E-state index in [1.165, 1.54) is 25.7 Å². The number of ether oxygens (including phenoxy) is 1. The Labute approximate surface area is 137 Å². The number of carbonyl (C=O) groups is 1. The molecule has 1 heterocycles. The van der Waals surface area contributed by atoms with Crippen LogP contribution in [0.1, 0.15) is 68.1 Å². The zero-order valence-electron chi connectivity index (χ0n) is 13.5. The van der Waals surface area contributed by atoms with E-state index >= 15 is 0 Å². The molecule has 1 spiro atoms. The van der Waals surface area contributed by atoms with Crippen molar-refractivity contribution in [3.8, 4) is 0 Å². The fourth-order valence-corrected chi connectivity index (χ4v) is 4.74. The summed E-state index contributed by atoms with van der Waals surface area (Å²) >= 11 is 0. The number of fused-ring (bicyclic) bond motifs is 2. The standard InChI is InChI=1S/C19H24N2O2/c22-17(15-9-3-1-4-10-15)23-19-14-8-5-11-16(19)18(20-21-19)12-6-2-7-13-18/h1,3-4,9-10,16H,2,5-8,11-14H2. The van der Waals surface area contributed by atoms with E-state index in [-0.39, 0.29) is 17.4 Å². The number of azo groups is 1. The molecule has 0 bridgehead atoms. The first-order valence-corrected chi connectivity index (χ1v) is 8.97. The lowest BCUT2D eigenvalue weighted by Gasteiger charge is -2.43. The number of esters is 1. The Morgan fingerprint density at radius 2 is 1.70 bits per heavy atom.